The Morgan fingerprint density at radius 3 is 1.97 bits per heavy atom. The Bertz CT molecular complexity index is 1270. The van der Waals surface area contributed by atoms with Crippen molar-refractivity contribution in [3.05, 3.63) is 94.5 Å². The van der Waals surface area contributed by atoms with Crippen LogP contribution in [0.4, 0.5) is 5.69 Å². The van der Waals surface area contributed by atoms with Gasteiger partial charge in [-0.05, 0) is 83.9 Å². The summed E-state index contributed by atoms with van der Waals surface area (Å²) in [6, 6.07) is 20.3. The van der Waals surface area contributed by atoms with Gasteiger partial charge in [-0.3, -0.25) is 30.6 Å². The number of hydrogen-bond donors (Lipinski definition) is 4. The van der Waals surface area contributed by atoms with E-state index in [0.717, 1.165) is 5.56 Å². The molecule has 3 aromatic rings. The summed E-state index contributed by atoms with van der Waals surface area (Å²) in [5.74, 6) is -0.759. The second-order valence-electron chi connectivity index (χ2n) is 9.06. The van der Waals surface area contributed by atoms with Crippen LogP contribution in [0.15, 0.2) is 72.8 Å². The fraction of sp³-hybridized carbons (Fsp3) is 0.185. The normalized spacial score (nSPS) is 10.7. The second kappa shape index (κ2) is 12.3. The van der Waals surface area contributed by atoms with E-state index in [9.17, 15) is 14.4 Å². The van der Waals surface area contributed by atoms with Crippen LogP contribution in [-0.2, 0) is 10.2 Å². The van der Waals surface area contributed by atoms with Gasteiger partial charge in [0, 0.05) is 21.8 Å². The topological polar surface area (TPSA) is 109 Å². The second-order valence-corrected chi connectivity index (χ2v) is 9.90. The third kappa shape index (κ3) is 8.59. The lowest BCUT2D eigenvalue weighted by atomic mass is 9.87. The smallest absolute Gasteiger partial charge is 0.269 e. The Morgan fingerprint density at radius 1 is 0.811 bits per heavy atom. The first-order valence-electron chi connectivity index (χ1n) is 11.3. The maximum absolute atomic E-state index is 12.5. The molecule has 192 valence electrons. The zero-order chi connectivity index (χ0) is 27.0. The van der Waals surface area contributed by atoms with Crippen LogP contribution in [0.3, 0.4) is 0 Å². The van der Waals surface area contributed by atoms with E-state index in [2.05, 4.69) is 42.3 Å². The van der Waals surface area contributed by atoms with Crippen molar-refractivity contribution < 1.29 is 19.1 Å². The Kier molecular flexibility index (Phi) is 9.21. The number of rotatable bonds is 6. The van der Waals surface area contributed by atoms with Gasteiger partial charge >= 0.3 is 0 Å². The predicted molar refractivity (Wildman–Crippen MR) is 148 cm³/mol. The maximum Gasteiger partial charge on any atom is 0.269 e. The molecule has 0 aliphatic heterocycles. The van der Waals surface area contributed by atoms with Crippen molar-refractivity contribution in [1.29, 1.82) is 0 Å². The summed E-state index contributed by atoms with van der Waals surface area (Å²) >= 11 is 10.8. The first kappa shape index (κ1) is 27.6. The number of halogens is 1. The minimum Gasteiger partial charge on any atom is -0.484 e. The number of amides is 3. The highest BCUT2D eigenvalue weighted by Crippen LogP contribution is 2.22. The van der Waals surface area contributed by atoms with Crippen LogP contribution in [0.5, 0.6) is 5.75 Å². The van der Waals surface area contributed by atoms with Crippen molar-refractivity contribution in [2.24, 2.45) is 0 Å². The van der Waals surface area contributed by atoms with Gasteiger partial charge in [0.05, 0.1) is 0 Å². The summed E-state index contributed by atoms with van der Waals surface area (Å²) in [5.41, 5.74) is 7.39. The minimum atomic E-state index is -0.505. The molecule has 0 saturated heterocycles. The number of hydrogen-bond acceptors (Lipinski definition) is 5. The van der Waals surface area contributed by atoms with Crippen LogP contribution >= 0.6 is 23.8 Å². The van der Waals surface area contributed by atoms with Crippen LogP contribution in [0.1, 0.15) is 47.1 Å². The molecule has 0 spiro atoms. The quantitative estimate of drug-likeness (QED) is 0.270. The van der Waals surface area contributed by atoms with Gasteiger partial charge in [-0.15, -0.1) is 0 Å². The average molecular weight is 539 g/mol. The fourth-order valence-corrected chi connectivity index (χ4v) is 3.38. The third-order valence-corrected chi connectivity index (χ3v) is 5.60. The van der Waals surface area contributed by atoms with E-state index in [1.54, 1.807) is 60.7 Å². The fourth-order valence-electron chi connectivity index (χ4n) is 3.09. The monoisotopic (exact) mass is 538 g/mol. The lowest BCUT2D eigenvalue weighted by Gasteiger charge is -2.19. The highest BCUT2D eigenvalue weighted by molar-refractivity contribution is 7.80. The summed E-state index contributed by atoms with van der Waals surface area (Å²) in [6.45, 7) is 6.06. The van der Waals surface area contributed by atoms with Crippen LogP contribution in [0, 0.1) is 0 Å². The van der Waals surface area contributed by atoms with Gasteiger partial charge in [-0.2, -0.15) is 0 Å². The summed E-state index contributed by atoms with van der Waals surface area (Å²) in [6.07, 6.45) is 0. The van der Waals surface area contributed by atoms with E-state index < -0.39 is 11.8 Å². The first-order chi connectivity index (χ1) is 17.5. The Labute approximate surface area is 225 Å². The molecule has 3 rings (SSSR count). The number of carbonyl (C=O) groups is 3. The molecule has 0 aliphatic carbocycles. The highest BCUT2D eigenvalue weighted by Gasteiger charge is 2.15. The average Bonchev–Trinajstić information content (AvgIpc) is 2.87. The standard InChI is InChI=1S/C27H27ClN4O4S/c1-27(2,3)19-8-4-17(5-9-19)24(34)29-21-12-6-18(7-13-21)25(35)31-32-26(37)30-23(33)16-36-22-14-10-20(28)11-15-22/h4-15H,16H2,1-3H3,(H,29,34)(H,31,35)(H2,30,32,33,37). The van der Waals surface area contributed by atoms with E-state index in [-0.39, 0.29) is 23.0 Å². The molecule has 10 heteroatoms. The molecule has 0 radical (unpaired) electrons. The van der Waals surface area contributed by atoms with Crippen molar-refractivity contribution in [1.82, 2.24) is 16.2 Å². The van der Waals surface area contributed by atoms with Gasteiger partial charge in [0.2, 0.25) is 0 Å². The highest BCUT2D eigenvalue weighted by atomic mass is 35.5. The van der Waals surface area contributed by atoms with E-state index in [1.807, 2.05) is 12.1 Å². The van der Waals surface area contributed by atoms with E-state index >= 15 is 0 Å². The van der Waals surface area contributed by atoms with E-state index in [0.29, 0.717) is 27.6 Å². The van der Waals surface area contributed by atoms with E-state index in [1.165, 1.54) is 0 Å². The van der Waals surface area contributed by atoms with Crippen molar-refractivity contribution in [3.63, 3.8) is 0 Å². The third-order valence-electron chi connectivity index (χ3n) is 5.14. The van der Waals surface area contributed by atoms with Gasteiger partial charge in [-0.25, -0.2) is 0 Å². The molecule has 0 heterocycles. The summed E-state index contributed by atoms with van der Waals surface area (Å²) < 4.78 is 5.33. The number of carbonyl (C=O) groups excluding carboxylic acids is 3. The molecule has 37 heavy (non-hydrogen) atoms. The van der Waals surface area contributed by atoms with Gasteiger partial charge in [0.25, 0.3) is 17.7 Å². The molecular weight excluding hydrogens is 512 g/mol. The van der Waals surface area contributed by atoms with Crippen LogP contribution < -0.4 is 26.2 Å². The molecule has 8 nitrogen and oxygen atoms in total. The zero-order valence-corrected chi connectivity index (χ0v) is 22.1. The molecule has 0 unspecified atom stereocenters. The largest absolute Gasteiger partial charge is 0.484 e. The van der Waals surface area contributed by atoms with E-state index in [4.69, 9.17) is 28.6 Å². The molecule has 0 aliphatic rings. The van der Waals surface area contributed by atoms with Crippen molar-refractivity contribution in [2.45, 2.75) is 26.2 Å². The molecule has 3 aromatic carbocycles. The number of ether oxygens (including phenoxy) is 1. The number of thiocarbonyl (C=S) groups is 1. The number of anilines is 1. The summed E-state index contributed by atoms with van der Waals surface area (Å²) in [4.78, 5) is 36.9. The van der Waals surface area contributed by atoms with Crippen LogP contribution in [0.2, 0.25) is 5.02 Å². The van der Waals surface area contributed by atoms with Gasteiger partial charge in [0.15, 0.2) is 11.7 Å². The van der Waals surface area contributed by atoms with Gasteiger partial charge in [0.1, 0.15) is 5.75 Å². The summed E-state index contributed by atoms with van der Waals surface area (Å²) in [7, 11) is 0. The molecule has 3 amide bonds. The first-order valence-corrected chi connectivity index (χ1v) is 12.1. The number of benzene rings is 3. The Balaban J connectivity index is 1.43. The number of hydrazine groups is 1. The van der Waals surface area contributed by atoms with Gasteiger partial charge in [-0.1, -0.05) is 44.5 Å². The van der Waals surface area contributed by atoms with Gasteiger partial charge < -0.3 is 10.1 Å². The van der Waals surface area contributed by atoms with Crippen molar-refractivity contribution in [3.8, 4) is 5.75 Å². The van der Waals surface area contributed by atoms with Crippen molar-refractivity contribution in [2.75, 3.05) is 11.9 Å². The van der Waals surface area contributed by atoms with Crippen molar-refractivity contribution >= 4 is 52.3 Å². The molecular formula is C27H27ClN4O4S. The van der Waals surface area contributed by atoms with Crippen LogP contribution in [0.25, 0.3) is 0 Å². The molecule has 0 atom stereocenters. The summed E-state index contributed by atoms with van der Waals surface area (Å²) in [5, 5.41) is 5.66. The van der Waals surface area contributed by atoms with Crippen LogP contribution in [-0.4, -0.2) is 29.4 Å². The molecule has 0 fully saturated rings. The Hall–Kier alpha value is -3.95. The Morgan fingerprint density at radius 2 is 1.38 bits per heavy atom. The zero-order valence-electron chi connectivity index (χ0n) is 20.6. The molecule has 0 saturated carbocycles. The maximum atomic E-state index is 12.5. The SMILES string of the molecule is CC(C)(C)c1ccc(C(=O)Nc2ccc(C(=O)NNC(=S)NC(=O)COc3ccc(Cl)cc3)cc2)cc1. The lowest BCUT2D eigenvalue weighted by Crippen LogP contribution is -2.49. The molecule has 0 aromatic heterocycles. The number of nitrogens with one attached hydrogen (secondary N) is 4. The minimum absolute atomic E-state index is 0.00199. The predicted octanol–water partition coefficient (Wildman–Crippen LogP) is 4.60. The molecule has 0 bridgehead atoms. The lowest BCUT2D eigenvalue weighted by molar-refractivity contribution is -0.121. The molecule has 4 N–H and O–H groups in total.